The van der Waals surface area contributed by atoms with Crippen LogP contribution in [0.1, 0.15) is 45.4 Å². The zero-order chi connectivity index (χ0) is 14.4. The molecule has 1 saturated heterocycles. The van der Waals surface area contributed by atoms with E-state index in [1.165, 1.54) is 0 Å². The molecule has 0 atom stereocenters. The fraction of sp³-hybridized carbons (Fsp3) is 0.500. The SMILES string of the molecule is CCCCCC(=O)Nc1ccccc1N1CCCC1=O. The van der Waals surface area contributed by atoms with Gasteiger partial charge in [-0.25, -0.2) is 0 Å². The van der Waals surface area contributed by atoms with Crippen LogP contribution in [0.2, 0.25) is 0 Å². The first-order valence-electron chi connectivity index (χ1n) is 7.41. The Kier molecular flexibility index (Phi) is 5.16. The number of anilines is 2. The lowest BCUT2D eigenvalue weighted by atomic mass is 10.2. The Bertz CT molecular complexity index is 485. The van der Waals surface area contributed by atoms with Gasteiger partial charge in [-0.1, -0.05) is 31.9 Å². The lowest BCUT2D eigenvalue weighted by molar-refractivity contribution is -0.117. The van der Waals surface area contributed by atoms with Crippen molar-refractivity contribution in [2.45, 2.75) is 45.4 Å². The number of amides is 2. The van der Waals surface area contributed by atoms with Gasteiger partial charge in [-0.15, -0.1) is 0 Å². The monoisotopic (exact) mass is 274 g/mol. The number of nitrogens with zero attached hydrogens (tertiary/aromatic N) is 1. The molecule has 4 nitrogen and oxygen atoms in total. The third-order valence-corrected chi connectivity index (χ3v) is 3.55. The molecule has 1 N–H and O–H groups in total. The van der Waals surface area contributed by atoms with E-state index in [-0.39, 0.29) is 11.8 Å². The predicted octanol–water partition coefficient (Wildman–Crippen LogP) is 3.33. The van der Waals surface area contributed by atoms with Gasteiger partial charge in [-0.3, -0.25) is 9.59 Å². The molecule has 0 radical (unpaired) electrons. The highest BCUT2D eigenvalue weighted by atomic mass is 16.2. The number of carbonyl (C=O) groups is 2. The molecule has 1 fully saturated rings. The normalized spacial score (nSPS) is 14.7. The maximum atomic E-state index is 11.9. The van der Waals surface area contributed by atoms with Crippen molar-refractivity contribution in [1.29, 1.82) is 0 Å². The Morgan fingerprint density at radius 2 is 2.10 bits per heavy atom. The molecule has 0 bridgehead atoms. The summed E-state index contributed by atoms with van der Waals surface area (Å²) in [7, 11) is 0. The van der Waals surface area contributed by atoms with Crippen molar-refractivity contribution < 1.29 is 9.59 Å². The molecule has 2 rings (SSSR count). The molecule has 2 amide bonds. The van der Waals surface area contributed by atoms with Crippen molar-refractivity contribution in [2.75, 3.05) is 16.8 Å². The highest BCUT2D eigenvalue weighted by molar-refractivity contribution is 6.02. The average molecular weight is 274 g/mol. The second-order valence-corrected chi connectivity index (χ2v) is 5.17. The summed E-state index contributed by atoms with van der Waals surface area (Å²) in [4.78, 5) is 25.5. The Morgan fingerprint density at radius 3 is 2.80 bits per heavy atom. The number of benzene rings is 1. The minimum Gasteiger partial charge on any atom is -0.324 e. The lowest BCUT2D eigenvalue weighted by Gasteiger charge is -2.19. The third-order valence-electron chi connectivity index (χ3n) is 3.55. The number of rotatable bonds is 6. The fourth-order valence-electron chi connectivity index (χ4n) is 2.47. The second kappa shape index (κ2) is 7.08. The van der Waals surface area contributed by atoms with Crippen LogP contribution in [-0.2, 0) is 9.59 Å². The largest absolute Gasteiger partial charge is 0.324 e. The van der Waals surface area contributed by atoms with Crippen molar-refractivity contribution in [1.82, 2.24) is 0 Å². The van der Waals surface area contributed by atoms with E-state index in [0.29, 0.717) is 12.8 Å². The molecule has 0 spiro atoms. The Hall–Kier alpha value is -1.84. The summed E-state index contributed by atoms with van der Waals surface area (Å²) in [5, 5.41) is 2.93. The van der Waals surface area contributed by atoms with Crippen LogP contribution in [0, 0.1) is 0 Å². The Balaban J connectivity index is 2.04. The standard InChI is InChI=1S/C16H22N2O2/c1-2-3-4-10-15(19)17-13-8-5-6-9-14(13)18-12-7-11-16(18)20/h5-6,8-9H,2-4,7,10-12H2,1H3,(H,17,19). The fourth-order valence-corrected chi connectivity index (χ4v) is 2.47. The first-order valence-corrected chi connectivity index (χ1v) is 7.41. The summed E-state index contributed by atoms with van der Waals surface area (Å²) in [6, 6.07) is 7.53. The van der Waals surface area contributed by atoms with Crippen LogP contribution >= 0.6 is 0 Å². The maximum absolute atomic E-state index is 11.9. The van der Waals surface area contributed by atoms with Gasteiger partial charge in [0.2, 0.25) is 11.8 Å². The van der Waals surface area contributed by atoms with Crippen LogP contribution in [0.15, 0.2) is 24.3 Å². The van der Waals surface area contributed by atoms with Gasteiger partial charge in [0.25, 0.3) is 0 Å². The highest BCUT2D eigenvalue weighted by Crippen LogP contribution is 2.29. The number of hydrogen-bond donors (Lipinski definition) is 1. The van der Waals surface area contributed by atoms with Gasteiger partial charge in [0.15, 0.2) is 0 Å². The van der Waals surface area contributed by atoms with Crippen molar-refractivity contribution in [3.63, 3.8) is 0 Å². The smallest absolute Gasteiger partial charge is 0.227 e. The number of carbonyl (C=O) groups excluding carboxylic acids is 2. The zero-order valence-corrected chi connectivity index (χ0v) is 12.0. The lowest BCUT2D eigenvalue weighted by Crippen LogP contribution is -2.25. The molecule has 20 heavy (non-hydrogen) atoms. The molecule has 1 aromatic carbocycles. The van der Waals surface area contributed by atoms with Crippen LogP contribution in [0.3, 0.4) is 0 Å². The Morgan fingerprint density at radius 1 is 1.30 bits per heavy atom. The molecule has 0 aliphatic carbocycles. The van der Waals surface area contributed by atoms with Gasteiger partial charge >= 0.3 is 0 Å². The van der Waals surface area contributed by atoms with Crippen LogP contribution < -0.4 is 10.2 Å². The summed E-state index contributed by atoms with van der Waals surface area (Å²) in [5.41, 5.74) is 1.56. The van der Waals surface area contributed by atoms with Crippen LogP contribution in [-0.4, -0.2) is 18.4 Å². The average Bonchev–Trinajstić information content (AvgIpc) is 2.86. The molecule has 1 aromatic rings. The van der Waals surface area contributed by atoms with Crippen LogP contribution in [0.25, 0.3) is 0 Å². The molecule has 0 aromatic heterocycles. The molecule has 0 unspecified atom stereocenters. The van der Waals surface area contributed by atoms with Gasteiger partial charge in [0.05, 0.1) is 11.4 Å². The van der Waals surface area contributed by atoms with Gasteiger partial charge in [0.1, 0.15) is 0 Å². The summed E-state index contributed by atoms with van der Waals surface area (Å²) in [5.74, 6) is 0.162. The predicted molar refractivity (Wildman–Crippen MR) is 80.8 cm³/mol. The molecule has 4 heteroatoms. The zero-order valence-electron chi connectivity index (χ0n) is 12.0. The van der Waals surface area contributed by atoms with Crippen LogP contribution in [0.4, 0.5) is 11.4 Å². The molecule has 1 aliphatic heterocycles. The molecule has 1 heterocycles. The van der Waals surface area contributed by atoms with E-state index in [0.717, 1.165) is 43.6 Å². The summed E-state index contributed by atoms with van der Waals surface area (Å²) >= 11 is 0. The summed E-state index contributed by atoms with van der Waals surface area (Å²) < 4.78 is 0. The molecule has 0 saturated carbocycles. The minimum absolute atomic E-state index is 0.0255. The molecule has 108 valence electrons. The molecule has 1 aliphatic rings. The van der Waals surface area contributed by atoms with Gasteiger partial charge in [-0.05, 0) is 25.0 Å². The topological polar surface area (TPSA) is 49.4 Å². The number of hydrogen-bond acceptors (Lipinski definition) is 2. The molecular weight excluding hydrogens is 252 g/mol. The first-order chi connectivity index (χ1) is 9.72. The first kappa shape index (κ1) is 14.6. The van der Waals surface area contributed by atoms with E-state index in [2.05, 4.69) is 12.2 Å². The van der Waals surface area contributed by atoms with Gasteiger partial charge < -0.3 is 10.2 Å². The van der Waals surface area contributed by atoms with Gasteiger partial charge in [-0.2, -0.15) is 0 Å². The van der Waals surface area contributed by atoms with E-state index in [1.807, 2.05) is 24.3 Å². The number of para-hydroxylation sites is 2. The number of nitrogens with one attached hydrogen (secondary N) is 1. The molecular formula is C16H22N2O2. The van der Waals surface area contributed by atoms with E-state index in [1.54, 1.807) is 4.90 Å². The van der Waals surface area contributed by atoms with Crippen LogP contribution in [0.5, 0.6) is 0 Å². The van der Waals surface area contributed by atoms with Crippen molar-refractivity contribution >= 4 is 23.2 Å². The van der Waals surface area contributed by atoms with E-state index < -0.39 is 0 Å². The number of unbranched alkanes of at least 4 members (excludes halogenated alkanes) is 2. The van der Waals surface area contributed by atoms with Crippen molar-refractivity contribution in [3.8, 4) is 0 Å². The van der Waals surface area contributed by atoms with Gasteiger partial charge in [0, 0.05) is 19.4 Å². The second-order valence-electron chi connectivity index (χ2n) is 5.17. The van der Waals surface area contributed by atoms with Crippen molar-refractivity contribution in [2.24, 2.45) is 0 Å². The maximum Gasteiger partial charge on any atom is 0.227 e. The Labute approximate surface area is 120 Å². The van der Waals surface area contributed by atoms with E-state index >= 15 is 0 Å². The van der Waals surface area contributed by atoms with E-state index in [9.17, 15) is 9.59 Å². The quantitative estimate of drug-likeness (QED) is 0.809. The third kappa shape index (κ3) is 3.59. The van der Waals surface area contributed by atoms with Crippen molar-refractivity contribution in [3.05, 3.63) is 24.3 Å². The van der Waals surface area contributed by atoms with E-state index in [4.69, 9.17) is 0 Å². The summed E-state index contributed by atoms with van der Waals surface area (Å²) in [6.07, 6.45) is 5.10. The highest BCUT2D eigenvalue weighted by Gasteiger charge is 2.23. The summed E-state index contributed by atoms with van der Waals surface area (Å²) in [6.45, 7) is 2.85. The minimum atomic E-state index is 0.0255.